The number of methoxy groups -OCH3 is 1. The highest BCUT2D eigenvalue weighted by Gasteiger charge is 2.30. The molecule has 0 aromatic heterocycles. The molecule has 0 heterocycles. The molecule has 0 aliphatic rings. The minimum Gasteiger partial charge on any atom is -0.482 e. The Kier molecular flexibility index (Phi) is 7.43. The van der Waals surface area contributed by atoms with Gasteiger partial charge in [-0.2, -0.15) is 13.2 Å². The largest absolute Gasteiger partial charge is 0.482 e. The highest BCUT2D eigenvalue weighted by atomic mass is 19.4. The summed E-state index contributed by atoms with van der Waals surface area (Å²) in [6.45, 7) is 4.00. The number of nitrogens with two attached hydrogens (primary N) is 1. The zero-order valence-corrected chi connectivity index (χ0v) is 12.0. The molecule has 0 amide bonds. The van der Waals surface area contributed by atoms with Gasteiger partial charge < -0.3 is 10.5 Å². The van der Waals surface area contributed by atoms with Gasteiger partial charge in [-0.05, 0) is 17.7 Å². The summed E-state index contributed by atoms with van der Waals surface area (Å²) in [5, 5.41) is 0. The van der Waals surface area contributed by atoms with Crippen molar-refractivity contribution in [1.82, 2.24) is 0 Å². The van der Waals surface area contributed by atoms with E-state index in [1.165, 1.54) is 32.5 Å². The Morgan fingerprint density at radius 3 is 2.35 bits per heavy atom. The van der Waals surface area contributed by atoms with E-state index >= 15 is 0 Å². The molecule has 0 saturated carbocycles. The van der Waals surface area contributed by atoms with Crippen molar-refractivity contribution in [1.29, 1.82) is 0 Å². The number of nitrogens with zero attached hydrogens (tertiary/aromatic N) is 1. The topological polar surface area (TPSA) is 47.6 Å². The Labute approximate surface area is 117 Å². The molecule has 3 nitrogen and oxygen atoms in total. The second-order valence-electron chi connectivity index (χ2n) is 3.45. The number of halogens is 3. The summed E-state index contributed by atoms with van der Waals surface area (Å²) in [4.78, 5) is 3.75. The predicted molar refractivity (Wildman–Crippen MR) is 75.3 cm³/mol. The van der Waals surface area contributed by atoms with Crippen LogP contribution in [0.4, 0.5) is 13.2 Å². The van der Waals surface area contributed by atoms with Crippen LogP contribution in [0.2, 0.25) is 0 Å². The molecule has 0 aliphatic carbocycles. The molecule has 0 radical (unpaired) electrons. The third-order valence-electron chi connectivity index (χ3n) is 2.24. The quantitative estimate of drug-likeness (QED) is 0.681. The van der Waals surface area contributed by atoms with Gasteiger partial charge in [-0.25, -0.2) is 0 Å². The SMILES string of the molecule is CC.CN=C/C(=C(\N)OC)c1cccc(C(F)(F)F)c1. The van der Waals surface area contributed by atoms with Crippen molar-refractivity contribution >= 4 is 11.8 Å². The standard InChI is InChI=1S/C12H13F3N2O.C2H6/c1-17-7-10(11(16)18-2)8-4-3-5-9(6-8)12(13,14)15;1-2/h3-7H,16H2,1-2H3;1-2H3/b11-10-,17-7?;. The van der Waals surface area contributed by atoms with Crippen LogP contribution < -0.4 is 5.73 Å². The van der Waals surface area contributed by atoms with Crippen molar-refractivity contribution < 1.29 is 17.9 Å². The molecule has 0 saturated heterocycles. The lowest BCUT2D eigenvalue weighted by atomic mass is 10.0. The van der Waals surface area contributed by atoms with Crippen LogP contribution in [0, 0.1) is 0 Å². The van der Waals surface area contributed by atoms with Gasteiger partial charge in [0.05, 0.1) is 18.2 Å². The maximum absolute atomic E-state index is 12.6. The number of ether oxygens (including phenoxy) is 1. The maximum atomic E-state index is 12.6. The summed E-state index contributed by atoms with van der Waals surface area (Å²) in [6.07, 6.45) is -3.04. The number of alkyl halides is 3. The highest BCUT2D eigenvalue weighted by molar-refractivity contribution is 6.10. The molecule has 0 atom stereocenters. The van der Waals surface area contributed by atoms with E-state index in [1.54, 1.807) is 0 Å². The Morgan fingerprint density at radius 2 is 1.90 bits per heavy atom. The molecule has 1 rings (SSSR count). The number of allylic oxidation sites excluding steroid dienone is 1. The van der Waals surface area contributed by atoms with E-state index < -0.39 is 11.7 Å². The second kappa shape index (κ2) is 8.24. The highest BCUT2D eigenvalue weighted by Crippen LogP contribution is 2.31. The van der Waals surface area contributed by atoms with Crippen molar-refractivity contribution in [2.45, 2.75) is 20.0 Å². The van der Waals surface area contributed by atoms with Gasteiger partial charge in [-0.1, -0.05) is 26.0 Å². The van der Waals surface area contributed by atoms with Crippen LogP contribution in [0.15, 0.2) is 35.1 Å². The summed E-state index contributed by atoms with van der Waals surface area (Å²) in [6, 6.07) is 4.82. The number of rotatable bonds is 3. The number of benzene rings is 1. The summed E-state index contributed by atoms with van der Waals surface area (Å²) in [7, 11) is 2.84. The van der Waals surface area contributed by atoms with Crippen LogP contribution in [0.3, 0.4) is 0 Å². The Hall–Kier alpha value is -1.98. The van der Waals surface area contributed by atoms with Crippen LogP contribution in [0.5, 0.6) is 0 Å². The lowest BCUT2D eigenvalue weighted by molar-refractivity contribution is -0.137. The molecular formula is C14H19F3N2O. The Bertz CT molecular complexity index is 480. The van der Waals surface area contributed by atoms with E-state index in [9.17, 15) is 13.2 Å². The lowest BCUT2D eigenvalue weighted by Gasteiger charge is -2.10. The van der Waals surface area contributed by atoms with Gasteiger partial charge in [-0.15, -0.1) is 0 Å². The molecule has 0 spiro atoms. The van der Waals surface area contributed by atoms with Crippen molar-refractivity contribution in [3.05, 3.63) is 41.3 Å². The van der Waals surface area contributed by atoms with E-state index in [4.69, 9.17) is 10.5 Å². The van der Waals surface area contributed by atoms with Crippen LogP contribution in [0.25, 0.3) is 5.57 Å². The molecule has 20 heavy (non-hydrogen) atoms. The minimum absolute atomic E-state index is 0.0138. The first kappa shape index (κ1) is 18.0. The third kappa shape index (κ3) is 4.95. The van der Waals surface area contributed by atoms with Crippen molar-refractivity contribution in [3.63, 3.8) is 0 Å². The van der Waals surface area contributed by atoms with Crippen LogP contribution in [-0.2, 0) is 10.9 Å². The van der Waals surface area contributed by atoms with Gasteiger partial charge >= 0.3 is 6.18 Å². The third-order valence-corrected chi connectivity index (χ3v) is 2.24. The van der Waals surface area contributed by atoms with E-state index in [2.05, 4.69) is 4.99 Å². The molecule has 6 heteroatoms. The fraction of sp³-hybridized carbons (Fsp3) is 0.357. The van der Waals surface area contributed by atoms with Gasteiger partial charge in [0.25, 0.3) is 0 Å². The zero-order chi connectivity index (χ0) is 15.8. The smallest absolute Gasteiger partial charge is 0.416 e. The maximum Gasteiger partial charge on any atom is 0.416 e. The summed E-state index contributed by atoms with van der Waals surface area (Å²) in [5.74, 6) is 0.0138. The van der Waals surface area contributed by atoms with Crippen molar-refractivity contribution in [2.75, 3.05) is 14.2 Å². The van der Waals surface area contributed by atoms with Crippen LogP contribution >= 0.6 is 0 Å². The van der Waals surface area contributed by atoms with E-state index in [0.717, 1.165) is 12.1 Å². The summed E-state index contributed by atoms with van der Waals surface area (Å²) >= 11 is 0. The van der Waals surface area contributed by atoms with Gasteiger partial charge in [0.2, 0.25) is 0 Å². The minimum atomic E-state index is -4.40. The molecule has 0 fully saturated rings. The van der Waals surface area contributed by atoms with Gasteiger partial charge in [0, 0.05) is 13.3 Å². The van der Waals surface area contributed by atoms with Crippen molar-refractivity contribution in [2.24, 2.45) is 10.7 Å². The molecule has 1 aromatic carbocycles. The molecule has 2 N–H and O–H groups in total. The number of aliphatic imine (C=N–C) groups is 1. The fourth-order valence-electron chi connectivity index (χ4n) is 1.38. The molecule has 0 bridgehead atoms. The van der Waals surface area contributed by atoms with Gasteiger partial charge in [-0.3, -0.25) is 4.99 Å². The average molecular weight is 288 g/mol. The summed E-state index contributed by atoms with van der Waals surface area (Å²) in [5.41, 5.74) is 5.45. The monoisotopic (exact) mass is 288 g/mol. The van der Waals surface area contributed by atoms with Crippen LogP contribution in [-0.4, -0.2) is 20.4 Å². The molecule has 0 aliphatic heterocycles. The second-order valence-corrected chi connectivity index (χ2v) is 3.45. The Morgan fingerprint density at radius 1 is 1.30 bits per heavy atom. The summed E-state index contributed by atoms with van der Waals surface area (Å²) < 4.78 is 42.6. The first-order valence-electron chi connectivity index (χ1n) is 6.03. The normalized spacial score (nSPS) is 12.6. The Balaban J connectivity index is 0.00000172. The molecule has 112 valence electrons. The van der Waals surface area contributed by atoms with Crippen molar-refractivity contribution in [3.8, 4) is 0 Å². The fourth-order valence-corrected chi connectivity index (χ4v) is 1.38. The van der Waals surface area contributed by atoms with E-state index in [1.807, 2.05) is 13.8 Å². The molecule has 0 unspecified atom stereocenters. The predicted octanol–water partition coefficient (Wildman–Crippen LogP) is 3.71. The number of hydrogen-bond acceptors (Lipinski definition) is 3. The van der Waals surface area contributed by atoms with Gasteiger partial charge in [0.1, 0.15) is 0 Å². The van der Waals surface area contributed by atoms with E-state index in [-0.39, 0.29) is 5.88 Å². The molecule has 1 aromatic rings. The first-order chi connectivity index (χ1) is 9.40. The average Bonchev–Trinajstić information content (AvgIpc) is 2.45. The van der Waals surface area contributed by atoms with Gasteiger partial charge in [0.15, 0.2) is 5.88 Å². The number of hydrogen-bond donors (Lipinski definition) is 1. The first-order valence-corrected chi connectivity index (χ1v) is 6.03. The van der Waals surface area contributed by atoms with Crippen LogP contribution in [0.1, 0.15) is 25.0 Å². The molecular weight excluding hydrogens is 269 g/mol. The zero-order valence-electron chi connectivity index (χ0n) is 12.0. The van der Waals surface area contributed by atoms with E-state index in [0.29, 0.717) is 11.1 Å². The lowest BCUT2D eigenvalue weighted by Crippen LogP contribution is -2.08.